The Morgan fingerprint density at radius 1 is 1.53 bits per heavy atom. The predicted molar refractivity (Wildman–Crippen MR) is 60.3 cm³/mol. The first-order chi connectivity index (χ1) is 7.11. The van der Waals surface area contributed by atoms with Crippen LogP contribution in [0.15, 0.2) is 6.07 Å². The van der Waals surface area contributed by atoms with Crippen molar-refractivity contribution in [3.63, 3.8) is 0 Å². The van der Waals surface area contributed by atoms with Crippen molar-refractivity contribution in [2.75, 3.05) is 20.7 Å². The number of rotatable bonds is 4. The van der Waals surface area contributed by atoms with Crippen molar-refractivity contribution in [1.29, 1.82) is 0 Å². The average molecular weight is 232 g/mol. The summed E-state index contributed by atoms with van der Waals surface area (Å²) in [5, 5.41) is 3.32. The summed E-state index contributed by atoms with van der Waals surface area (Å²) in [6.07, 6.45) is 0.622. The summed E-state index contributed by atoms with van der Waals surface area (Å²) in [5.74, 6) is -0.217. The summed E-state index contributed by atoms with van der Waals surface area (Å²) in [6.45, 7) is 2.56. The van der Waals surface area contributed by atoms with E-state index in [9.17, 15) is 4.39 Å². The molecule has 0 aliphatic carbocycles. The van der Waals surface area contributed by atoms with E-state index in [1.807, 2.05) is 14.0 Å². The van der Waals surface area contributed by atoms with E-state index in [0.29, 0.717) is 17.0 Å². The Morgan fingerprint density at radius 2 is 2.20 bits per heavy atom. The van der Waals surface area contributed by atoms with Crippen LogP contribution in [0.25, 0.3) is 0 Å². The van der Waals surface area contributed by atoms with Gasteiger partial charge in [-0.25, -0.2) is 4.39 Å². The van der Waals surface area contributed by atoms with Gasteiger partial charge in [0.2, 0.25) is 0 Å². The highest BCUT2D eigenvalue weighted by atomic mass is 35.5. The van der Waals surface area contributed by atoms with E-state index in [-0.39, 0.29) is 11.6 Å². The van der Waals surface area contributed by atoms with Crippen LogP contribution in [0.1, 0.15) is 11.1 Å². The van der Waals surface area contributed by atoms with E-state index in [4.69, 9.17) is 16.3 Å². The molecule has 1 aromatic carbocycles. The average Bonchev–Trinajstić information content (AvgIpc) is 2.22. The topological polar surface area (TPSA) is 21.3 Å². The maximum Gasteiger partial charge on any atom is 0.173 e. The van der Waals surface area contributed by atoms with E-state index in [1.54, 1.807) is 6.07 Å². The molecule has 15 heavy (non-hydrogen) atoms. The Morgan fingerprint density at radius 3 is 2.73 bits per heavy atom. The second-order valence-electron chi connectivity index (χ2n) is 3.37. The lowest BCUT2D eigenvalue weighted by Crippen LogP contribution is -2.12. The van der Waals surface area contributed by atoms with Gasteiger partial charge in [-0.1, -0.05) is 17.7 Å². The Labute approximate surface area is 94.4 Å². The first kappa shape index (κ1) is 12.3. The van der Waals surface area contributed by atoms with Crippen molar-refractivity contribution in [2.45, 2.75) is 13.3 Å². The maximum absolute atomic E-state index is 13.8. The van der Waals surface area contributed by atoms with Crippen molar-refractivity contribution in [3.05, 3.63) is 28.0 Å². The van der Waals surface area contributed by atoms with Crippen LogP contribution >= 0.6 is 11.6 Å². The minimum atomic E-state index is -0.358. The molecule has 4 heteroatoms. The molecule has 1 aromatic rings. The molecule has 0 bridgehead atoms. The first-order valence-corrected chi connectivity index (χ1v) is 5.15. The number of benzene rings is 1. The minimum absolute atomic E-state index is 0.141. The molecule has 0 aromatic heterocycles. The van der Waals surface area contributed by atoms with Crippen molar-refractivity contribution in [1.82, 2.24) is 5.32 Å². The number of hydrogen-bond donors (Lipinski definition) is 1. The van der Waals surface area contributed by atoms with E-state index >= 15 is 0 Å². The monoisotopic (exact) mass is 231 g/mol. The third kappa shape index (κ3) is 2.61. The van der Waals surface area contributed by atoms with Crippen LogP contribution in [-0.4, -0.2) is 20.7 Å². The Hall–Kier alpha value is -0.800. The SMILES string of the molecule is CNCCc1cc(C)c(Cl)c(OC)c1F. The molecule has 0 atom stereocenters. The van der Waals surface area contributed by atoms with Gasteiger partial charge in [0.05, 0.1) is 12.1 Å². The quantitative estimate of drug-likeness (QED) is 0.860. The van der Waals surface area contributed by atoms with Gasteiger partial charge in [-0.15, -0.1) is 0 Å². The van der Waals surface area contributed by atoms with Gasteiger partial charge in [0.1, 0.15) is 0 Å². The van der Waals surface area contributed by atoms with Crippen molar-refractivity contribution in [3.8, 4) is 5.75 Å². The van der Waals surface area contributed by atoms with Gasteiger partial charge in [-0.3, -0.25) is 0 Å². The molecule has 2 nitrogen and oxygen atoms in total. The standard InChI is InChI=1S/C11H15ClFNO/c1-7-6-8(4-5-14-2)10(13)11(15-3)9(7)12/h6,14H,4-5H2,1-3H3. The van der Waals surface area contributed by atoms with Gasteiger partial charge >= 0.3 is 0 Å². The van der Waals surface area contributed by atoms with E-state index in [0.717, 1.165) is 12.1 Å². The minimum Gasteiger partial charge on any atom is -0.492 e. The lowest BCUT2D eigenvalue weighted by Gasteiger charge is -2.11. The number of aryl methyl sites for hydroxylation is 1. The molecule has 1 rings (SSSR count). The summed E-state index contributed by atoms with van der Waals surface area (Å²) in [4.78, 5) is 0. The zero-order valence-electron chi connectivity index (χ0n) is 9.16. The second-order valence-corrected chi connectivity index (χ2v) is 3.75. The van der Waals surface area contributed by atoms with Gasteiger partial charge in [0.15, 0.2) is 11.6 Å². The fourth-order valence-electron chi connectivity index (χ4n) is 1.43. The van der Waals surface area contributed by atoms with Crippen LogP contribution in [0.5, 0.6) is 5.75 Å². The number of likely N-dealkylation sites (N-methyl/N-ethyl adjacent to an activating group) is 1. The molecule has 0 radical (unpaired) electrons. The highest BCUT2D eigenvalue weighted by Crippen LogP contribution is 2.33. The van der Waals surface area contributed by atoms with Crippen molar-refractivity contribution in [2.24, 2.45) is 0 Å². The van der Waals surface area contributed by atoms with Crippen LogP contribution < -0.4 is 10.1 Å². The number of hydrogen-bond acceptors (Lipinski definition) is 2. The normalized spacial score (nSPS) is 10.5. The Kier molecular flexibility index (Phi) is 4.36. The van der Waals surface area contributed by atoms with E-state index in [1.165, 1.54) is 7.11 Å². The fraction of sp³-hybridized carbons (Fsp3) is 0.455. The first-order valence-electron chi connectivity index (χ1n) is 4.77. The zero-order chi connectivity index (χ0) is 11.4. The molecular formula is C11H15ClFNO. The molecule has 0 saturated carbocycles. The van der Waals surface area contributed by atoms with Crippen molar-refractivity contribution < 1.29 is 9.13 Å². The van der Waals surface area contributed by atoms with E-state index in [2.05, 4.69) is 5.32 Å². The number of ether oxygens (including phenoxy) is 1. The Balaban J connectivity index is 3.12. The molecule has 0 unspecified atom stereocenters. The number of methoxy groups -OCH3 is 1. The predicted octanol–water partition coefficient (Wildman–Crippen LogP) is 2.56. The van der Waals surface area contributed by atoms with Crippen LogP contribution in [0.4, 0.5) is 4.39 Å². The number of halogens is 2. The third-order valence-corrected chi connectivity index (χ3v) is 2.74. The molecule has 0 fully saturated rings. The largest absolute Gasteiger partial charge is 0.492 e. The molecule has 0 spiro atoms. The molecule has 0 aliphatic heterocycles. The summed E-state index contributed by atoms with van der Waals surface area (Å²) in [7, 11) is 3.25. The van der Waals surface area contributed by atoms with Crippen LogP contribution in [0.2, 0.25) is 5.02 Å². The lowest BCUT2D eigenvalue weighted by atomic mass is 10.1. The third-order valence-electron chi connectivity index (χ3n) is 2.27. The molecule has 0 heterocycles. The molecule has 0 amide bonds. The van der Waals surface area contributed by atoms with Gasteiger partial charge in [0.25, 0.3) is 0 Å². The lowest BCUT2D eigenvalue weighted by molar-refractivity contribution is 0.384. The van der Waals surface area contributed by atoms with Gasteiger partial charge < -0.3 is 10.1 Å². The molecule has 0 aliphatic rings. The second kappa shape index (κ2) is 5.33. The highest BCUT2D eigenvalue weighted by molar-refractivity contribution is 6.32. The summed E-state index contributed by atoms with van der Waals surface area (Å²) in [5.41, 5.74) is 1.46. The van der Waals surface area contributed by atoms with Gasteiger partial charge in [0, 0.05) is 0 Å². The van der Waals surface area contributed by atoms with Crippen molar-refractivity contribution >= 4 is 11.6 Å². The fourth-order valence-corrected chi connectivity index (χ4v) is 1.64. The zero-order valence-corrected chi connectivity index (χ0v) is 9.91. The smallest absolute Gasteiger partial charge is 0.173 e. The van der Waals surface area contributed by atoms with Gasteiger partial charge in [-0.2, -0.15) is 0 Å². The van der Waals surface area contributed by atoms with Crippen LogP contribution in [0, 0.1) is 12.7 Å². The Bertz CT molecular complexity index is 355. The number of nitrogens with one attached hydrogen (secondary N) is 1. The molecular weight excluding hydrogens is 217 g/mol. The highest BCUT2D eigenvalue weighted by Gasteiger charge is 2.15. The molecule has 84 valence electrons. The summed E-state index contributed by atoms with van der Waals surface area (Å²) < 4.78 is 18.7. The summed E-state index contributed by atoms with van der Waals surface area (Å²) >= 11 is 5.92. The maximum atomic E-state index is 13.8. The molecule has 1 N–H and O–H groups in total. The van der Waals surface area contributed by atoms with Crippen LogP contribution in [-0.2, 0) is 6.42 Å². The van der Waals surface area contributed by atoms with E-state index < -0.39 is 0 Å². The van der Waals surface area contributed by atoms with Crippen LogP contribution in [0.3, 0.4) is 0 Å². The summed E-state index contributed by atoms with van der Waals surface area (Å²) in [6, 6.07) is 1.76. The van der Waals surface area contributed by atoms with Gasteiger partial charge in [-0.05, 0) is 38.1 Å². The molecule has 0 saturated heterocycles.